The standard InChI is InChI=1S/C15H26N2O2/c1-12(18)15(2)6-10-17(11-7-15)14(19)13-4-8-16(3)9-5-13/h13H,4-11H2,1-3H3. The first-order chi connectivity index (χ1) is 8.92. The molecule has 2 heterocycles. The van der Waals surface area contributed by atoms with E-state index < -0.39 is 0 Å². The number of carbonyl (C=O) groups excluding carboxylic acids is 2. The largest absolute Gasteiger partial charge is 0.342 e. The molecule has 0 aromatic rings. The van der Waals surface area contributed by atoms with E-state index in [1.54, 1.807) is 6.92 Å². The van der Waals surface area contributed by atoms with Gasteiger partial charge in [0.05, 0.1) is 0 Å². The van der Waals surface area contributed by atoms with Crippen LogP contribution in [0.15, 0.2) is 0 Å². The fourth-order valence-corrected chi connectivity index (χ4v) is 3.09. The monoisotopic (exact) mass is 266 g/mol. The van der Waals surface area contributed by atoms with Crippen molar-refractivity contribution in [1.82, 2.24) is 9.80 Å². The summed E-state index contributed by atoms with van der Waals surface area (Å²) in [6.45, 7) is 7.26. The zero-order chi connectivity index (χ0) is 14.0. The van der Waals surface area contributed by atoms with Gasteiger partial charge in [0.2, 0.25) is 5.91 Å². The second-order valence-electron chi connectivity index (χ2n) is 6.52. The predicted octanol–water partition coefficient (Wildman–Crippen LogP) is 1.55. The topological polar surface area (TPSA) is 40.6 Å². The Kier molecular flexibility index (Phi) is 4.29. The van der Waals surface area contributed by atoms with Gasteiger partial charge in [-0.3, -0.25) is 9.59 Å². The highest BCUT2D eigenvalue weighted by Crippen LogP contribution is 2.32. The van der Waals surface area contributed by atoms with E-state index in [4.69, 9.17) is 0 Å². The third kappa shape index (κ3) is 3.16. The van der Waals surface area contributed by atoms with Crippen LogP contribution < -0.4 is 0 Å². The van der Waals surface area contributed by atoms with Crippen LogP contribution >= 0.6 is 0 Å². The first-order valence-electron chi connectivity index (χ1n) is 7.41. The van der Waals surface area contributed by atoms with Crippen molar-refractivity contribution >= 4 is 11.7 Å². The summed E-state index contributed by atoms with van der Waals surface area (Å²) in [5.74, 6) is 0.787. The Labute approximate surface area is 116 Å². The van der Waals surface area contributed by atoms with E-state index in [0.717, 1.165) is 51.9 Å². The van der Waals surface area contributed by atoms with E-state index in [0.29, 0.717) is 5.91 Å². The van der Waals surface area contributed by atoms with E-state index in [2.05, 4.69) is 11.9 Å². The molecular weight excluding hydrogens is 240 g/mol. The SMILES string of the molecule is CC(=O)C1(C)CCN(C(=O)C2CCN(C)CC2)CC1. The molecule has 0 spiro atoms. The van der Waals surface area contributed by atoms with E-state index >= 15 is 0 Å². The van der Waals surface area contributed by atoms with Gasteiger partial charge in [-0.1, -0.05) is 6.92 Å². The minimum atomic E-state index is -0.205. The van der Waals surface area contributed by atoms with Crippen LogP contribution in [0.1, 0.15) is 39.5 Å². The zero-order valence-electron chi connectivity index (χ0n) is 12.4. The maximum Gasteiger partial charge on any atom is 0.225 e. The number of ketones is 1. The Morgan fingerprint density at radius 1 is 1.05 bits per heavy atom. The molecule has 0 aromatic carbocycles. The van der Waals surface area contributed by atoms with Gasteiger partial charge in [0.15, 0.2) is 0 Å². The number of hydrogen-bond donors (Lipinski definition) is 0. The third-order valence-electron chi connectivity index (χ3n) is 5.10. The second-order valence-corrected chi connectivity index (χ2v) is 6.52. The second kappa shape index (κ2) is 5.61. The summed E-state index contributed by atoms with van der Waals surface area (Å²) in [6, 6.07) is 0. The molecule has 0 aromatic heterocycles. The van der Waals surface area contributed by atoms with Crippen molar-refractivity contribution in [2.24, 2.45) is 11.3 Å². The average Bonchev–Trinajstić information content (AvgIpc) is 2.39. The summed E-state index contributed by atoms with van der Waals surface area (Å²) in [5.41, 5.74) is -0.205. The lowest BCUT2D eigenvalue weighted by Crippen LogP contribution is -2.48. The maximum atomic E-state index is 12.5. The summed E-state index contributed by atoms with van der Waals surface area (Å²) in [6.07, 6.45) is 3.60. The highest BCUT2D eigenvalue weighted by molar-refractivity contribution is 5.83. The molecule has 0 bridgehead atoms. The maximum absolute atomic E-state index is 12.5. The van der Waals surface area contributed by atoms with Gasteiger partial charge >= 0.3 is 0 Å². The molecule has 19 heavy (non-hydrogen) atoms. The van der Waals surface area contributed by atoms with Crippen LogP contribution in [0, 0.1) is 11.3 Å². The number of hydrogen-bond acceptors (Lipinski definition) is 3. The number of Topliss-reactive ketones (excluding diaryl/α,β-unsaturated/α-hetero) is 1. The predicted molar refractivity (Wildman–Crippen MR) is 74.8 cm³/mol. The van der Waals surface area contributed by atoms with Crippen molar-refractivity contribution in [2.45, 2.75) is 39.5 Å². The molecule has 0 aliphatic carbocycles. The number of likely N-dealkylation sites (tertiary alicyclic amines) is 2. The van der Waals surface area contributed by atoms with Crippen molar-refractivity contribution in [3.8, 4) is 0 Å². The van der Waals surface area contributed by atoms with E-state index in [1.165, 1.54) is 0 Å². The van der Waals surface area contributed by atoms with Gasteiger partial charge in [-0.25, -0.2) is 0 Å². The van der Waals surface area contributed by atoms with Gasteiger partial charge in [-0.15, -0.1) is 0 Å². The van der Waals surface area contributed by atoms with Crippen molar-refractivity contribution in [1.29, 1.82) is 0 Å². The van der Waals surface area contributed by atoms with Crippen LogP contribution in [0.4, 0.5) is 0 Å². The first kappa shape index (κ1) is 14.5. The molecule has 4 heteroatoms. The van der Waals surface area contributed by atoms with Crippen molar-refractivity contribution in [2.75, 3.05) is 33.2 Å². The Morgan fingerprint density at radius 3 is 2.05 bits per heavy atom. The van der Waals surface area contributed by atoms with Crippen LogP contribution in [0.2, 0.25) is 0 Å². The summed E-state index contributed by atoms with van der Waals surface area (Å²) in [4.78, 5) is 28.4. The summed E-state index contributed by atoms with van der Waals surface area (Å²) >= 11 is 0. The number of nitrogens with zero attached hydrogens (tertiary/aromatic N) is 2. The fourth-order valence-electron chi connectivity index (χ4n) is 3.09. The summed E-state index contributed by atoms with van der Waals surface area (Å²) in [7, 11) is 2.11. The van der Waals surface area contributed by atoms with Crippen LogP contribution in [0.25, 0.3) is 0 Å². The lowest BCUT2D eigenvalue weighted by molar-refractivity contribution is -0.142. The van der Waals surface area contributed by atoms with E-state index in [1.807, 2.05) is 11.8 Å². The lowest BCUT2D eigenvalue weighted by Gasteiger charge is -2.40. The molecular formula is C15H26N2O2. The Hall–Kier alpha value is -0.900. The number of rotatable bonds is 2. The molecule has 4 nitrogen and oxygen atoms in total. The molecule has 0 N–H and O–H groups in total. The van der Waals surface area contributed by atoms with Crippen molar-refractivity contribution < 1.29 is 9.59 Å². The molecule has 108 valence electrons. The van der Waals surface area contributed by atoms with Crippen molar-refractivity contribution in [3.63, 3.8) is 0 Å². The third-order valence-corrected chi connectivity index (χ3v) is 5.10. The average molecular weight is 266 g/mol. The van der Waals surface area contributed by atoms with Gasteiger partial charge in [0.25, 0.3) is 0 Å². The summed E-state index contributed by atoms with van der Waals surface area (Å²) in [5, 5.41) is 0. The fraction of sp³-hybridized carbons (Fsp3) is 0.867. The molecule has 1 amide bonds. The van der Waals surface area contributed by atoms with E-state index in [9.17, 15) is 9.59 Å². The van der Waals surface area contributed by atoms with Gasteiger partial charge in [-0.2, -0.15) is 0 Å². The number of carbonyl (C=O) groups is 2. The normalized spacial score (nSPS) is 25.3. The molecule has 0 saturated carbocycles. The summed E-state index contributed by atoms with van der Waals surface area (Å²) < 4.78 is 0. The number of amides is 1. The minimum absolute atomic E-state index is 0.205. The Bertz CT molecular complexity index is 351. The smallest absolute Gasteiger partial charge is 0.225 e. The number of piperidine rings is 2. The van der Waals surface area contributed by atoms with Gasteiger partial charge in [0, 0.05) is 24.4 Å². The van der Waals surface area contributed by atoms with Crippen LogP contribution in [-0.4, -0.2) is 54.7 Å². The molecule has 2 aliphatic heterocycles. The quantitative estimate of drug-likeness (QED) is 0.761. The van der Waals surface area contributed by atoms with E-state index in [-0.39, 0.29) is 17.1 Å². The molecule has 0 radical (unpaired) electrons. The van der Waals surface area contributed by atoms with Crippen molar-refractivity contribution in [3.05, 3.63) is 0 Å². The van der Waals surface area contributed by atoms with Crippen LogP contribution in [0.3, 0.4) is 0 Å². The molecule has 2 rings (SSSR count). The Morgan fingerprint density at radius 2 is 1.58 bits per heavy atom. The van der Waals surface area contributed by atoms with Gasteiger partial charge in [0.1, 0.15) is 5.78 Å². The highest BCUT2D eigenvalue weighted by atomic mass is 16.2. The minimum Gasteiger partial charge on any atom is -0.342 e. The van der Waals surface area contributed by atoms with Gasteiger partial charge < -0.3 is 9.80 Å². The molecule has 0 unspecified atom stereocenters. The molecule has 2 saturated heterocycles. The lowest BCUT2D eigenvalue weighted by atomic mass is 9.77. The van der Waals surface area contributed by atoms with Gasteiger partial charge in [-0.05, 0) is 52.7 Å². The molecule has 2 aliphatic rings. The van der Waals surface area contributed by atoms with Crippen LogP contribution in [0.5, 0.6) is 0 Å². The first-order valence-corrected chi connectivity index (χ1v) is 7.41. The zero-order valence-corrected chi connectivity index (χ0v) is 12.4. The van der Waals surface area contributed by atoms with Crippen LogP contribution in [-0.2, 0) is 9.59 Å². The Balaban J connectivity index is 1.87. The highest BCUT2D eigenvalue weighted by Gasteiger charge is 2.37. The molecule has 0 atom stereocenters. The molecule has 2 fully saturated rings.